The molecule has 1 N–H and O–H groups in total. The number of hydrogen-bond donors (Lipinski definition) is 1. The number of pyridine rings is 1. The number of imidazole rings is 1. The van der Waals surface area contributed by atoms with Crippen molar-refractivity contribution in [1.29, 1.82) is 0 Å². The molecule has 0 radical (unpaired) electrons. The summed E-state index contributed by atoms with van der Waals surface area (Å²) < 4.78 is 1.84. The van der Waals surface area contributed by atoms with Gasteiger partial charge >= 0.3 is 0 Å². The van der Waals surface area contributed by atoms with Crippen LogP contribution in [0.5, 0.6) is 0 Å². The van der Waals surface area contributed by atoms with E-state index in [1.165, 1.54) is 0 Å². The van der Waals surface area contributed by atoms with E-state index in [0.717, 1.165) is 24.9 Å². The number of fused-ring (bicyclic) bond motifs is 1. The molecule has 2 aromatic heterocycles. The summed E-state index contributed by atoms with van der Waals surface area (Å²) in [6.45, 7) is 0.733. The zero-order chi connectivity index (χ0) is 13.2. The summed E-state index contributed by atoms with van der Waals surface area (Å²) in [6.07, 6.45) is 6.56. The lowest BCUT2D eigenvalue weighted by Gasteiger charge is -2.34. The molecule has 1 atom stereocenters. The number of carbonyl (C=O) groups is 1. The van der Waals surface area contributed by atoms with Crippen LogP contribution in [-0.2, 0) is 0 Å². The summed E-state index contributed by atoms with van der Waals surface area (Å²) >= 11 is 0. The molecule has 1 aliphatic heterocycles. The molecule has 0 saturated carbocycles. The van der Waals surface area contributed by atoms with Crippen molar-refractivity contribution in [2.75, 3.05) is 13.2 Å². The summed E-state index contributed by atoms with van der Waals surface area (Å²) in [5.41, 5.74) is 1.22. The van der Waals surface area contributed by atoms with Crippen LogP contribution in [0.1, 0.15) is 29.8 Å². The average molecular weight is 259 g/mol. The number of aliphatic hydroxyl groups is 1. The van der Waals surface area contributed by atoms with Gasteiger partial charge in [0.1, 0.15) is 11.3 Å². The van der Waals surface area contributed by atoms with Crippen LogP contribution in [0.4, 0.5) is 0 Å². The smallest absolute Gasteiger partial charge is 0.274 e. The Kier molecular flexibility index (Phi) is 3.21. The van der Waals surface area contributed by atoms with Crippen LogP contribution < -0.4 is 0 Å². The second kappa shape index (κ2) is 5.01. The van der Waals surface area contributed by atoms with E-state index in [1.54, 1.807) is 11.1 Å². The van der Waals surface area contributed by atoms with Gasteiger partial charge in [-0.15, -0.1) is 0 Å². The lowest BCUT2D eigenvalue weighted by Crippen LogP contribution is -2.45. The van der Waals surface area contributed by atoms with Crippen LogP contribution in [0.25, 0.3) is 5.65 Å². The fourth-order valence-electron chi connectivity index (χ4n) is 2.64. The lowest BCUT2D eigenvalue weighted by atomic mass is 10.0. The SMILES string of the molecule is O=C(c1cn2ccccc2n1)N1CCCCC1CO. The standard InChI is InChI=1S/C14H17N3O2/c18-10-11-5-1-4-8-17(11)14(19)12-9-16-7-3-2-6-13(16)15-12/h2-3,6-7,9,11,18H,1,4-5,8,10H2. The van der Waals surface area contributed by atoms with Gasteiger partial charge in [0.25, 0.3) is 5.91 Å². The molecule has 0 spiro atoms. The zero-order valence-corrected chi connectivity index (χ0v) is 10.7. The Bertz CT molecular complexity index is 560. The summed E-state index contributed by atoms with van der Waals surface area (Å²) in [6, 6.07) is 5.61. The topological polar surface area (TPSA) is 57.8 Å². The van der Waals surface area contributed by atoms with Gasteiger partial charge in [0.2, 0.25) is 0 Å². The summed E-state index contributed by atoms with van der Waals surface area (Å²) in [7, 11) is 0. The summed E-state index contributed by atoms with van der Waals surface area (Å²) in [5, 5.41) is 9.38. The second-order valence-electron chi connectivity index (χ2n) is 4.92. The van der Waals surface area contributed by atoms with Crippen molar-refractivity contribution >= 4 is 11.6 Å². The highest BCUT2D eigenvalue weighted by Gasteiger charge is 2.28. The maximum atomic E-state index is 12.5. The Morgan fingerprint density at radius 2 is 2.32 bits per heavy atom. The minimum atomic E-state index is -0.0811. The van der Waals surface area contributed by atoms with Gasteiger partial charge in [0, 0.05) is 18.9 Å². The molecule has 3 heterocycles. The number of likely N-dealkylation sites (tertiary alicyclic amines) is 1. The van der Waals surface area contributed by atoms with Crippen molar-refractivity contribution in [2.45, 2.75) is 25.3 Å². The number of rotatable bonds is 2. The molecule has 1 unspecified atom stereocenters. The normalized spacial score (nSPS) is 19.8. The highest BCUT2D eigenvalue weighted by molar-refractivity contribution is 5.93. The van der Waals surface area contributed by atoms with Gasteiger partial charge in [-0.25, -0.2) is 4.98 Å². The van der Waals surface area contributed by atoms with E-state index in [0.29, 0.717) is 12.2 Å². The number of nitrogens with zero attached hydrogens (tertiary/aromatic N) is 3. The van der Waals surface area contributed by atoms with E-state index < -0.39 is 0 Å². The third-order valence-corrected chi connectivity index (χ3v) is 3.68. The van der Waals surface area contributed by atoms with E-state index in [1.807, 2.05) is 28.8 Å². The third-order valence-electron chi connectivity index (χ3n) is 3.68. The molecular weight excluding hydrogens is 242 g/mol. The fraction of sp³-hybridized carbons (Fsp3) is 0.429. The molecule has 1 saturated heterocycles. The van der Waals surface area contributed by atoms with Crippen molar-refractivity contribution in [2.24, 2.45) is 0 Å². The molecule has 1 amide bonds. The number of amides is 1. The van der Waals surface area contributed by atoms with E-state index in [9.17, 15) is 9.90 Å². The highest BCUT2D eigenvalue weighted by atomic mass is 16.3. The maximum absolute atomic E-state index is 12.5. The first-order chi connectivity index (χ1) is 9.29. The van der Waals surface area contributed by atoms with Gasteiger partial charge in [-0.3, -0.25) is 4.79 Å². The molecule has 0 aromatic carbocycles. The molecule has 0 bridgehead atoms. The number of aromatic nitrogens is 2. The minimum Gasteiger partial charge on any atom is -0.394 e. The van der Waals surface area contributed by atoms with Crippen LogP contribution in [0, 0.1) is 0 Å². The summed E-state index contributed by atoms with van der Waals surface area (Å²) in [5.74, 6) is -0.0811. The molecule has 5 heteroatoms. The van der Waals surface area contributed by atoms with Crippen molar-refractivity contribution in [1.82, 2.24) is 14.3 Å². The quantitative estimate of drug-likeness (QED) is 0.885. The Hall–Kier alpha value is -1.88. The first-order valence-corrected chi connectivity index (χ1v) is 6.65. The Morgan fingerprint density at radius 3 is 3.11 bits per heavy atom. The Morgan fingerprint density at radius 1 is 1.42 bits per heavy atom. The minimum absolute atomic E-state index is 0.0269. The first kappa shape index (κ1) is 12.2. The number of piperidine rings is 1. The molecule has 19 heavy (non-hydrogen) atoms. The molecule has 3 rings (SSSR count). The fourth-order valence-corrected chi connectivity index (χ4v) is 2.64. The number of carbonyl (C=O) groups excluding carboxylic acids is 1. The largest absolute Gasteiger partial charge is 0.394 e. The monoisotopic (exact) mass is 259 g/mol. The van der Waals surface area contributed by atoms with Crippen molar-refractivity contribution in [3.63, 3.8) is 0 Å². The molecular formula is C14H17N3O2. The van der Waals surface area contributed by atoms with E-state index in [2.05, 4.69) is 4.98 Å². The van der Waals surface area contributed by atoms with Crippen LogP contribution in [0.2, 0.25) is 0 Å². The zero-order valence-electron chi connectivity index (χ0n) is 10.7. The highest BCUT2D eigenvalue weighted by Crippen LogP contribution is 2.19. The van der Waals surface area contributed by atoms with Gasteiger partial charge < -0.3 is 14.4 Å². The second-order valence-corrected chi connectivity index (χ2v) is 4.92. The molecule has 1 fully saturated rings. The summed E-state index contributed by atoms with van der Waals surface area (Å²) in [4.78, 5) is 18.6. The maximum Gasteiger partial charge on any atom is 0.274 e. The van der Waals surface area contributed by atoms with Crippen LogP contribution in [0.15, 0.2) is 30.6 Å². The van der Waals surface area contributed by atoms with Gasteiger partial charge in [0.15, 0.2) is 0 Å². The number of hydrogen-bond acceptors (Lipinski definition) is 3. The van der Waals surface area contributed by atoms with Crippen molar-refractivity contribution in [3.05, 3.63) is 36.3 Å². The predicted octanol–water partition coefficient (Wildman–Crippen LogP) is 1.32. The molecule has 5 nitrogen and oxygen atoms in total. The predicted molar refractivity (Wildman–Crippen MR) is 71.0 cm³/mol. The molecule has 2 aromatic rings. The lowest BCUT2D eigenvalue weighted by molar-refractivity contribution is 0.0498. The molecule has 0 aliphatic carbocycles. The van der Waals surface area contributed by atoms with Crippen molar-refractivity contribution < 1.29 is 9.90 Å². The average Bonchev–Trinajstić information content (AvgIpc) is 2.90. The first-order valence-electron chi connectivity index (χ1n) is 6.65. The third kappa shape index (κ3) is 2.21. The molecule has 1 aliphatic rings. The Labute approximate surface area is 111 Å². The molecule has 100 valence electrons. The number of aliphatic hydroxyl groups excluding tert-OH is 1. The Balaban J connectivity index is 1.89. The van der Waals surface area contributed by atoms with E-state index in [4.69, 9.17) is 0 Å². The van der Waals surface area contributed by atoms with Crippen molar-refractivity contribution in [3.8, 4) is 0 Å². The van der Waals surface area contributed by atoms with Crippen LogP contribution in [-0.4, -0.2) is 44.5 Å². The van der Waals surface area contributed by atoms with Gasteiger partial charge in [-0.05, 0) is 31.4 Å². The van der Waals surface area contributed by atoms with E-state index in [-0.39, 0.29) is 18.6 Å². The van der Waals surface area contributed by atoms with Crippen LogP contribution >= 0.6 is 0 Å². The van der Waals surface area contributed by atoms with Gasteiger partial charge in [-0.2, -0.15) is 0 Å². The van der Waals surface area contributed by atoms with E-state index >= 15 is 0 Å². The van der Waals surface area contributed by atoms with Gasteiger partial charge in [0.05, 0.1) is 12.6 Å². The van der Waals surface area contributed by atoms with Crippen LogP contribution in [0.3, 0.4) is 0 Å². The van der Waals surface area contributed by atoms with Gasteiger partial charge in [-0.1, -0.05) is 6.07 Å².